The Morgan fingerprint density at radius 2 is 1.84 bits per heavy atom. The molecule has 0 spiro atoms. The first kappa shape index (κ1) is 21.8. The van der Waals surface area contributed by atoms with Crippen LogP contribution in [0.1, 0.15) is 17.3 Å². The van der Waals surface area contributed by atoms with Crippen LogP contribution in [0.2, 0.25) is 0 Å². The van der Waals surface area contributed by atoms with Gasteiger partial charge < -0.3 is 29.6 Å². The van der Waals surface area contributed by atoms with Gasteiger partial charge in [-0.1, -0.05) is 12.1 Å². The number of carbonyl (C=O) groups is 3. The molecule has 9 nitrogen and oxygen atoms in total. The lowest BCUT2D eigenvalue weighted by Crippen LogP contribution is -2.35. The molecule has 0 aliphatic carbocycles. The van der Waals surface area contributed by atoms with Gasteiger partial charge in [-0.3, -0.25) is 14.4 Å². The van der Waals surface area contributed by atoms with Crippen molar-refractivity contribution in [2.45, 2.75) is 19.6 Å². The molecule has 2 amide bonds. The van der Waals surface area contributed by atoms with Crippen molar-refractivity contribution >= 4 is 23.5 Å². The second-order valence-electron chi connectivity index (χ2n) is 6.25. The lowest BCUT2D eigenvalue weighted by atomic mass is 10.2. The highest BCUT2D eigenvalue weighted by Gasteiger charge is 2.21. The number of carbonyl (C=O) groups excluding carboxylic acids is 3. The number of alkyl halides is 2. The van der Waals surface area contributed by atoms with Crippen molar-refractivity contribution in [3.63, 3.8) is 0 Å². The largest absolute Gasteiger partial charge is 0.454 e. The van der Waals surface area contributed by atoms with E-state index in [1.54, 1.807) is 6.07 Å². The van der Waals surface area contributed by atoms with Gasteiger partial charge in [-0.2, -0.15) is 8.78 Å². The topological polar surface area (TPSA) is 112 Å². The summed E-state index contributed by atoms with van der Waals surface area (Å²) >= 11 is 0. The van der Waals surface area contributed by atoms with Crippen LogP contribution in [-0.2, 0) is 14.3 Å². The minimum atomic E-state index is -3.07. The molecule has 0 radical (unpaired) electrons. The predicted octanol–water partition coefficient (Wildman–Crippen LogP) is 2.32. The van der Waals surface area contributed by atoms with Gasteiger partial charge in [0, 0.05) is 5.56 Å². The van der Waals surface area contributed by atoms with Gasteiger partial charge in [0.1, 0.15) is 12.3 Å². The molecule has 0 fully saturated rings. The molecular formula is C20H18F2N2O7. The maximum absolute atomic E-state index is 12.5. The van der Waals surface area contributed by atoms with Crippen molar-refractivity contribution in [1.82, 2.24) is 5.32 Å². The van der Waals surface area contributed by atoms with Gasteiger partial charge in [0.25, 0.3) is 11.8 Å². The van der Waals surface area contributed by atoms with E-state index in [9.17, 15) is 23.2 Å². The zero-order valence-electron chi connectivity index (χ0n) is 16.2. The number of rotatable bonds is 8. The summed E-state index contributed by atoms with van der Waals surface area (Å²) in [5, 5.41) is 4.72. The summed E-state index contributed by atoms with van der Waals surface area (Å²) in [7, 11) is 0. The van der Waals surface area contributed by atoms with Crippen LogP contribution >= 0.6 is 0 Å². The van der Waals surface area contributed by atoms with Crippen LogP contribution in [0.25, 0.3) is 0 Å². The number of amides is 2. The number of hydrogen-bond acceptors (Lipinski definition) is 7. The maximum atomic E-state index is 12.5. The molecule has 1 aliphatic heterocycles. The van der Waals surface area contributed by atoms with E-state index in [-0.39, 0.29) is 23.8 Å². The lowest BCUT2D eigenvalue weighted by molar-refractivity contribution is -0.152. The molecular weight excluding hydrogens is 418 g/mol. The van der Waals surface area contributed by atoms with Gasteiger partial charge in [-0.25, -0.2) is 0 Å². The normalized spacial score (nSPS) is 12.8. The molecule has 0 bridgehead atoms. The van der Waals surface area contributed by atoms with E-state index >= 15 is 0 Å². The summed E-state index contributed by atoms with van der Waals surface area (Å²) in [4.78, 5) is 36.3. The van der Waals surface area contributed by atoms with Gasteiger partial charge in [0.2, 0.25) is 6.79 Å². The van der Waals surface area contributed by atoms with Gasteiger partial charge in [-0.05, 0) is 37.3 Å². The zero-order chi connectivity index (χ0) is 22.4. The van der Waals surface area contributed by atoms with Crippen LogP contribution in [0.3, 0.4) is 0 Å². The van der Waals surface area contributed by atoms with E-state index < -0.39 is 37.0 Å². The molecule has 1 unspecified atom stereocenters. The third kappa shape index (κ3) is 5.81. The smallest absolute Gasteiger partial charge is 0.387 e. The van der Waals surface area contributed by atoms with Crippen molar-refractivity contribution in [3.05, 3.63) is 48.0 Å². The standard InChI is InChI=1S/C20H18F2N2O7/c1-11(18(26)24-13-4-2-3-5-14(13)31-20(21)22)30-17(25)9-23-19(27)12-6-7-15-16(8-12)29-10-28-15/h2-8,11,20H,9-10H2,1H3,(H,23,27)(H,24,26). The quantitative estimate of drug-likeness (QED) is 0.611. The molecule has 2 N–H and O–H groups in total. The Morgan fingerprint density at radius 1 is 1.10 bits per heavy atom. The molecule has 11 heteroatoms. The van der Waals surface area contributed by atoms with E-state index in [4.69, 9.17) is 14.2 Å². The molecule has 0 saturated carbocycles. The molecule has 2 aromatic carbocycles. The van der Waals surface area contributed by atoms with E-state index in [1.807, 2.05) is 0 Å². The number of para-hydroxylation sites is 2. The molecule has 0 saturated heterocycles. The summed E-state index contributed by atoms with van der Waals surface area (Å²) in [6, 6.07) is 10.1. The number of halogens is 2. The van der Waals surface area contributed by atoms with Crippen LogP contribution in [-0.4, -0.2) is 43.8 Å². The SMILES string of the molecule is CC(OC(=O)CNC(=O)c1ccc2c(c1)OCO2)C(=O)Nc1ccccc1OC(F)F. The minimum Gasteiger partial charge on any atom is -0.454 e. The Balaban J connectivity index is 1.49. The predicted molar refractivity (Wildman–Crippen MR) is 102 cm³/mol. The number of benzene rings is 2. The summed E-state index contributed by atoms with van der Waals surface area (Å²) in [5.74, 6) is -1.49. The fourth-order valence-electron chi connectivity index (χ4n) is 2.59. The Bertz CT molecular complexity index is 984. The first-order valence-electron chi connectivity index (χ1n) is 9.05. The lowest BCUT2D eigenvalue weighted by Gasteiger charge is -2.16. The Hall–Kier alpha value is -3.89. The number of esters is 1. The van der Waals surface area contributed by atoms with Gasteiger partial charge >= 0.3 is 12.6 Å². The monoisotopic (exact) mass is 436 g/mol. The molecule has 3 rings (SSSR count). The van der Waals surface area contributed by atoms with Crippen molar-refractivity contribution < 1.29 is 42.1 Å². The number of nitrogens with one attached hydrogen (secondary N) is 2. The van der Waals surface area contributed by atoms with Crippen LogP contribution in [0.15, 0.2) is 42.5 Å². The third-order valence-electron chi connectivity index (χ3n) is 4.07. The summed E-state index contributed by atoms with van der Waals surface area (Å²) in [6.45, 7) is -2.20. The Labute approximate surface area is 175 Å². The first-order valence-corrected chi connectivity index (χ1v) is 9.05. The van der Waals surface area contributed by atoms with E-state index in [2.05, 4.69) is 15.4 Å². The molecule has 0 aromatic heterocycles. The van der Waals surface area contributed by atoms with Crippen molar-refractivity contribution in [3.8, 4) is 17.2 Å². The van der Waals surface area contributed by atoms with E-state index in [0.717, 1.165) is 0 Å². The molecule has 1 heterocycles. The van der Waals surface area contributed by atoms with Crippen molar-refractivity contribution in [2.24, 2.45) is 0 Å². The van der Waals surface area contributed by atoms with Gasteiger partial charge in [0.05, 0.1) is 5.69 Å². The molecule has 1 atom stereocenters. The minimum absolute atomic E-state index is 0.00758. The Morgan fingerprint density at radius 3 is 2.61 bits per heavy atom. The molecule has 1 aliphatic rings. The second kappa shape index (κ2) is 9.74. The fraction of sp³-hybridized carbons (Fsp3) is 0.250. The Kier molecular flexibility index (Phi) is 6.85. The van der Waals surface area contributed by atoms with E-state index in [1.165, 1.54) is 43.3 Å². The van der Waals surface area contributed by atoms with Crippen LogP contribution in [0.5, 0.6) is 17.2 Å². The summed E-state index contributed by atoms with van der Waals surface area (Å²) < 4.78 is 44.5. The van der Waals surface area contributed by atoms with Crippen LogP contribution in [0.4, 0.5) is 14.5 Å². The maximum Gasteiger partial charge on any atom is 0.387 e. The number of hydrogen-bond donors (Lipinski definition) is 2. The first-order chi connectivity index (χ1) is 14.8. The van der Waals surface area contributed by atoms with Crippen molar-refractivity contribution in [2.75, 3.05) is 18.7 Å². The third-order valence-corrected chi connectivity index (χ3v) is 4.07. The highest BCUT2D eigenvalue weighted by Crippen LogP contribution is 2.32. The zero-order valence-corrected chi connectivity index (χ0v) is 16.2. The van der Waals surface area contributed by atoms with Crippen molar-refractivity contribution in [1.29, 1.82) is 0 Å². The summed E-state index contributed by atoms with van der Waals surface area (Å²) in [5.41, 5.74) is 0.241. The molecule has 31 heavy (non-hydrogen) atoms. The fourth-order valence-corrected chi connectivity index (χ4v) is 2.59. The highest BCUT2D eigenvalue weighted by molar-refractivity contribution is 5.98. The number of ether oxygens (including phenoxy) is 4. The number of fused-ring (bicyclic) bond motifs is 1. The number of anilines is 1. The highest BCUT2D eigenvalue weighted by atomic mass is 19.3. The molecule has 164 valence electrons. The van der Waals surface area contributed by atoms with Crippen LogP contribution in [0, 0.1) is 0 Å². The average Bonchev–Trinajstić information content (AvgIpc) is 3.20. The van der Waals surface area contributed by atoms with E-state index in [0.29, 0.717) is 11.5 Å². The summed E-state index contributed by atoms with van der Waals surface area (Å²) in [6.07, 6.45) is -1.26. The van der Waals surface area contributed by atoms with Gasteiger partial charge in [-0.15, -0.1) is 0 Å². The average molecular weight is 436 g/mol. The second-order valence-corrected chi connectivity index (χ2v) is 6.25. The van der Waals surface area contributed by atoms with Crippen LogP contribution < -0.4 is 24.8 Å². The molecule has 2 aromatic rings. The van der Waals surface area contributed by atoms with Gasteiger partial charge in [0.15, 0.2) is 17.6 Å².